The van der Waals surface area contributed by atoms with Crippen molar-refractivity contribution in [2.75, 3.05) is 5.32 Å². The molecule has 1 heterocycles. The Morgan fingerprint density at radius 2 is 1.80 bits per heavy atom. The van der Waals surface area contributed by atoms with Crippen LogP contribution in [0.25, 0.3) is 0 Å². The van der Waals surface area contributed by atoms with Crippen LogP contribution in [0.1, 0.15) is 21.6 Å². The van der Waals surface area contributed by atoms with Crippen molar-refractivity contribution in [1.29, 1.82) is 0 Å². The molecule has 20 heavy (non-hydrogen) atoms. The fourth-order valence-corrected chi connectivity index (χ4v) is 1.87. The van der Waals surface area contributed by atoms with E-state index in [0.717, 1.165) is 11.3 Å². The Balaban J connectivity index is 2.33. The first-order valence-electron chi connectivity index (χ1n) is 6.14. The van der Waals surface area contributed by atoms with Crippen molar-refractivity contribution in [2.45, 2.75) is 13.8 Å². The summed E-state index contributed by atoms with van der Waals surface area (Å²) in [7, 11) is 1.65. The Hall–Kier alpha value is -2.43. The van der Waals surface area contributed by atoms with Gasteiger partial charge in [-0.2, -0.15) is 0 Å². The van der Waals surface area contributed by atoms with E-state index in [0.29, 0.717) is 5.56 Å². The number of carbonyl (C=O) groups excluding carboxylic acids is 1. The summed E-state index contributed by atoms with van der Waals surface area (Å²) in [5.41, 5.74) is 1.98. The molecule has 0 saturated carbocycles. The van der Waals surface area contributed by atoms with Gasteiger partial charge in [0.2, 0.25) is 0 Å². The van der Waals surface area contributed by atoms with Gasteiger partial charge in [-0.1, -0.05) is 0 Å². The minimum atomic E-state index is -0.439. The molecule has 0 atom stereocenters. The highest BCUT2D eigenvalue weighted by atomic mass is 19.1. The number of carbonyl (C=O) groups is 1. The largest absolute Gasteiger partial charge is 0.317 e. The molecule has 4 nitrogen and oxygen atoms in total. The van der Waals surface area contributed by atoms with Crippen molar-refractivity contribution in [3.8, 4) is 0 Å². The zero-order valence-electron chi connectivity index (χ0n) is 11.5. The molecule has 0 spiro atoms. The van der Waals surface area contributed by atoms with Gasteiger partial charge in [0.1, 0.15) is 11.5 Å². The van der Waals surface area contributed by atoms with Gasteiger partial charge in [0.05, 0.1) is 0 Å². The summed E-state index contributed by atoms with van der Waals surface area (Å²) in [6, 6.07) is 6.78. The molecule has 0 aliphatic rings. The van der Waals surface area contributed by atoms with Crippen molar-refractivity contribution >= 4 is 11.6 Å². The summed E-state index contributed by atoms with van der Waals surface area (Å²) < 4.78 is 14.3. The number of nitrogens with one attached hydrogen (secondary N) is 1. The molecule has 0 radical (unpaired) electrons. The van der Waals surface area contributed by atoms with E-state index in [2.05, 4.69) is 5.32 Å². The van der Waals surface area contributed by atoms with E-state index >= 15 is 0 Å². The minimum Gasteiger partial charge on any atom is -0.317 e. The van der Waals surface area contributed by atoms with Crippen LogP contribution in [0.4, 0.5) is 10.1 Å². The van der Waals surface area contributed by atoms with E-state index in [1.54, 1.807) is 13.1 Å². The lowest BCUT2D eigenvalue weighted by atomic mass is 10.2. The number of rotatable bonds is 2. The van der Waals surface area contributed by atoms with Crippen LogP contribution in [-0.4, -0.2) is 10.5 Å². The van der Waals surface area contributed by atoms with Crippen molar-refractivity contribution in [3.05, 3.63) is 63.3 Å². The molecule has 1 aromatic carbocycles. The number of benzene rings is 1. The number of halogens is 1. The monoisotopic (exact) mass is 274 g/mol. The molecule has 1 aromatic heterocycles. The highest BCUT2D eigenvalue weighted by Gasteiger charge is 2.11. The first-order chi connectivity index (χ1) is 9.40. The number of amides is 1. The Morgan fingerprint density at radius 1 is 1.20 bits per heavy atom. The highest BCUT2D eigenvalue weighted by Crippen LogP contribution is 2.11. The maximum absolute atomic E-state index is 12.8. The minimum absolute atomic E-state index is 0.213. The Labute approximate surface area is 115 Å². The number of hydrogen-bond donors (Lipinski definition) is 1. The van der Waals surface area contributed by atoms with E-state index in [-0.39, 0.29) is 11.2 Å². The molecule has 2 rings (SSSR count). The smallest absolute Gasteiger partial charge is 0.274 e. The lowest BCUT2D eigenvalue weighted by Gasteiger charge is -2.11. The quantitative estimate of drug-likeness (QED) is 0.914. The van der Waals surface area contributed by atoms with Gasteiger partial charge in [-0.3, -0.25) is 9.59 Å². The molecule has 0 saturated heterocycles. The second-order valence-electron chi connectivity index (χ2n) is 4.65. The third kappa shape index (κ3) is 2.61. The molecule has 5 heteroatoms. The number of pyridine rings is 1. The molecule has 1 amide bonds. The molecule has 0 fully saturated rings. The average molecular weight is 274 g/mol. The first-order valence-corrected chi connectivity index (χ1v) is 6.14. The van der Waals surface area contributed by atoms with Gasteiger partial charge >= 0.3 is 0 Å². The molecule has 2 aromatic rings. The van der Waals surface area contributed by atoms with Crippen LogP contribution in [-0.2, 0) is 7.05 Å². The lowest BCUT2D eigenvalue weighted by Crippen LogP contribution is -2.26. The van der Waals surface area contributed by atoms with Gasteiger partial charge in [0.25, 0.3) is 11.5 Å². The molecule has 0 aliphatic carbocycles. The topological polar surface area (TPSA) is 51.1 Å². The van der Waals surface area contributed by atoms with Crippen LogP contribution >= 0.6 is 0 Å². The summed E-state index contributed by atoms with van der Waals surface area (Å²) in [6.07, 6.45) is 0. The molecule has 104 valence electrons. The van der Waals surface area contributed by atoms with Crippen LogP contribution in [0, 0.1) is 19.7 Å². The third-order valence-electron chi connectivity index (χ3n) is 3.32. The predicted molar refractivity (Wildman–Crippen MR) is 75.5 cm³/mol. The van der Waals surface area contributed by atoms with Crippen molar-refractivity contribution in [1.82, 2.24) is 4.57 Å². The van der Waals surface area contributed by atoms with Gasteiger partial charge in [0, 0.05) is 18.3 Å². The number of hydrogen-bond acceptors (Lipinski definition) is 2. The van der Waals surface area contributed by atoms with Gasteiger partial charge in [-0.25, -0.2) is 4.39 Å². The second-order valence-corrected chi connectivity index (χ2v) is 4.65. The third-order valence-corrected chi connectivity index (χ3v) is 3.32. The summed E-state index contributed by atoms with van der Waals surface area (Å²) in [5, 5.41) is 2.56. The summed E-state index contributed by atoms with van der Waals surface area (Å²) in [6.45, 7) is 3.70. The molecular formula is C15H15FN2O2. The Kier molecular flexibility index (Phi) is 3.70. The molecular weight excluding hydrogens is 259 g/mol. The zero-order valence-corrected chi connectivity index (χ0v) is 11.5. The number of aromatic nitrogens is 1. The van der Waals surface area contributed by atoms with Crippen LogP contribution in [0.15, 0.2) is 35.1 Å². The number of nitrogens with zero attached hydrogens (tertiary/aromatic N) is 1. The summed E-state index contributed by atoms with van der Waals surface area (Å²) in [5.74, 6) is -0.853. The summed E-state index contributed by atoms with van der Waals surface area (Å²) in [4.78, 5) is 24.1. The van der Waals surface area contributed by atoms with Crippen LogP contribution in [0.5, 0.6) is 0 Å². The second kappa shape index (κ2) is 5.28. The normalized spacial score (nSPS) is 10.4. The molecule has 1 N–H and O–H groups in total. The number of anilines is 1. The average Bonchev–Trinajstić information content (AvgIpc) is 2.43. The van der Waals surface area contributed by atoms with Crippen molar-refractivity contribution < 1.29 is 9.18 Å². The standard InChI is InChI=1S/C15H15FN2O2/c1-9-8-13(15(20)18(3)10(9)2)17-14(19)11-4-6-12(16)7-5-11/h4-8H,1-3H3,(H,17,19). The first kappa shape index (κ1) is 14.0. The van der Waals surface area contributed by atoms with E-state index < -0.39 is 11.7 Å². The van der Waals surface area contributed by atoms with Crippen molar-refractivity contribution in [3.63, 3.8) is 0 Å². The van der Waals surface area contributed by atoms with Crippen LogP contribution in [0.3, 0.4) is 0 Å². The fourth-order valence-electron chi connectivity index (χ4n) is 1.87. The molecule has 0 unspecified atom stereocenters. The maximum atomic E-state index is 12.8. The number of aryl methyl sites for hydroxylation is 1. The summed E-state index contributed by atoms with van der Waals surface area (Å²) >= 11 is 0. The van der Waals surface area contributed by atoms with Gasteiger partial charge < -0.3 is 9.88 Å². The fraction of sp³-hybridized carbons (Fsp3) is 0.200. The van der Waals surface area contributed by atoms with E-state index in [1.165, 1.54) is 28.8 Å². The van der Waals surface area contributed by atoms with Gasteiger partial charge in [-0.05, 0) is 49.7 Å². The molecule has 0 bridgehead atoms. The molecule has 0 aliphatic heterocycles. The Morgan fingerprint density at radius 3 is 2.40 bits per heavy atom. The lowest BCUT2D eigenvalue weighted by molar-refractivity contribution is 0.102. The van der Waals surface area contributed by atoms with Crippen LogP contribution < -0.4 is 10.9 Å². The van der Waals surface area contributed by atoms with E-state index in [4.69, 9.17) is 0 Å². The predicted octanol–water partition coefficient (Wildman–Crippen LogP) is 2.39. The van der Waals surface area contributed by atoms with Crippen molar-refractivity contribution in [2.24, 2.45) is 7.05 Å². The zero-order chi connectivity index (χ0) is 14.9. The van der Waals surface area contributed by atoms with E-state index in [1.807, 2.05) is 13.8 Å². The maximum Gasteiger partial charge on any atom is 0.274 e. The van der Waals surface area contributed by atoms with Gasteiger partial charge in [0.15, 0.2) is 0 Å². The van der Waals surface area contributed by atoms with Gasteiger partial charge in [-0.15, -0.1) is 0 Å². The Bertz CT molecular complexity index is 718. The highest BCUT2D eigenvalue weighted by molar-refractivity contribution is 6.04. The van der Waals surface area contributed by atoms with Crippen LogP contribution in [0.2, 0.25) is 0 Å². The SMILES string of the molecule is Cc1cc(NC(=O)c2ccc(F)cc2)c(=O)n(C)c1C. The van der Waals surface area contributed by atoms with E-state index in [9.17, 15) is 14.0 Å².